The molecule has 1 unspecified atom stereocenters. The molecule has 1 amide bonds. The summed E-state index contributed by atoms with van der Waals surface area (Å²) in [5, 5.41) is 3.85. The van der Waals surface area contributed by atoms with E-state index in [1.54, 1.807) is 18.9 Å². The Balaban J connectivity index is 1.55. The van der Waals surface area contributed by atoms with Gasteiger partial charge >= 0.3 is 0 Å². The molecule has 0 aromatic heterocycles. The van der Waals surface area contributed by atoms with Crippen LogP contribution < -0.4 is 10.1 Å². The van der Waals surface area contributed by atoms with Gasteiger partial charge in [0.15, 0.2) is 0 Å². The zero-order valence-electron chi connectivity index (χ0n) is 16.2. The summed E-state index contributed by atoms with van der Waals surface area (Å²) in [5.74, 6) is 2.15. The van der Waals surface area contributed by atoms with Gasteiger partial charge in [-0.2, -0.15) is 0 Å². The molecular weight excluding hydrogens is 392 g/mol. The van der Waals surface area contributed by atoms with Crippen LogP contribution in [0.15, 0.2) is 48.5 Å². The molecule has 0 radical (unpaired) electrons. The number of carbonyl (C=O) groups is 1. The maximum absolute atomic E-state index is 12.4. The summed E-state index contributed by atoms with van der Waals surface area (Å²) in [7, 11) is 1.70. The van der Waals surface area contributed by atoms with E-state index < -0.39 is 0 Å². The zero-order valence-corrected chi connectivity index (χ0v) is 17.8. The standard InChI is InChI=1S/C22H27ClN2O2S/c1-27-21-10-3-2-9-19(21)20(25-11-4-5-12-25)14-24-22(26)16-28-15-17-7-6-8-18(23)13-17/h2-3,6-10,13,20H,4-5,11-12,14-16H2,1H3,(H,24,26). The van der Waals surface area contributed by atoms with Crippen molar-refractivity contribution in [2.45, 2.75) is 24.6 Å². The average Bonchev–Trinajstić information content (AvgIpc) is 3.23. The first kappa shape index (κ1) is 21.0. The van der Waals surface area contributed by atoms with E-state index in [4.69, 9.17) is 16.3 Å². The summed E-state index contributed by atoms with van der Waals surface area (Å²) in [4.78, 5) is 14.8. The van der Waals surface area contributed by atoms with Crippen LogP contribution in [-0.2, 0) is 10.5 Å². The summed E-state index contributed by atoms with van der Waals surface area (Å²) in [6.07, 6.45) is 2.41. The highest BCUT2D eigenvalue weighted by atomic mass is 35.5. The summed E-state index contributed by atoms with van der Waals surface area (Å²) < 4.78 is 5.56. The lowest BCUT2D eigenvalue weighted by atomic mass is 10.0. The van der Waals surface area contributed by atoms with Crippen LogP contribution in [0.1, 0.15) is 30.0 Å². The second-order valence-corrected chi connectivity index (χ2v) is 8.35. The highest BCUT2D eigenvalue weighted by Crippen LogP contribution is 2.31. The van der Waals surface area contributed by atoms with Crippen molar-refractivity contribution in [3.63, 3.8) is 0 Å². The van der Waals surface area contributed by atoms with E-state index in [9.17, 15) is 4.79 Å². The van der Waals surface area contributed by atoms with Crippen LogP contribution in [0.3, 0.4) is 0 Å². The van der Waals surface area contributed by atoms with Gasteiger partial charge in [0.2, 0.25) is 5.91 Å². The molecule has 1 N–H and O–H groups in total. The molecule has 1 aliphatic rings. The van der Waals surface area contributed by atoms with Gasteiger partial charge in [0.05, 0.1) is 18.9 Å². The van der Waals surface area contributed by atoms with Crippen LogP contribution in [0.2, 0.25) is 5.02 Å². The summed E-state index contributed by atoms with van der Waals surface area (Å²) in [5.41, 5.74) is 2.27. The molecule has 3 rings (SSSR count). The summed E-state index contributed by atoms with van der Waals surface area (Å²) in [6, 6.07) is 16.0. The fourth-order valence-electron chi connectivity index (χ4n) is 3.58. The Hall–Kier alpha value is -1.69. The van der Waals surface area contributed by atoms with Gasteiger partial charge in [0, 0.05) is 22.9 Å². The predicted octanol–water partition coefficient (Wildman–Crippen LogP) is 4.54. The third kappa shape index (κ3) is 5.90. The fourth-order valence-corrected chi connectivity index (χ4v) is 4.60. The molecular formula is C22H27ClN2O2S. The second-order valence-electron chi connectivity index (χ2n) is 6.93. The van der Waals surface area contributed by atoms with Gasteiger partial charge in [-0.3, -0.25) is 9.69 Å². The number of para-hydroxylation sites is 1. The minimum atomic E-state index is 0.0612. The van der Waals surface area contributed by atoms with Crippen molar-refractivity contribution in [2.75, 3.05) is 32.5 Å². The van der Waals surface area contributed by atoms with Crippen molar-refractivity contribution in [3.8, 4) is 5.75 Å². The number of nitrogens with zero attached hydrogens (tertiary/aromatic N) is 1. The van der Waals surface area contributed by atoms with E-state index in [0.717, 1.165) is 40.7 Å². The Bertz CT molecular complexity index is 781. The number of hydrogen-bond donors (Lipinski definition) is 1. The fraction of sp³-hybridized carbons (Fsp3) is 0.409. The molecule has 1 atom stereocenters. The summed E-state index contributed by atoms with van der Waals surface area (Å²) in [6.45, 7) is 2.71. The Labute approximate surface area is 176 Å². The first-order chi connectivity index (χ1) is 13.7. The van der Waals surface area contributed by atoms with E-state index >= 15 is 0 Å². The van der Waals surface area contributed by atoms with Gasteiger partial charge in [-0.1, -0.05) is 41.9 Å². The smallest absolute Gasteiger partial charge is 0.230 e. The van der Waals surface area contributed by atoms with Gasteiger partial charge in [0.25, 0.3) is 0 Å². The number of hydrogen-bond acceptors (Lipinski definition) is 4. The normalized spacial score (nSPS) is 15.4. The molecule has 1 fully saturated rings. The van der Waals surface area contributed by atoms with Crippen molar-refractivity contribution in [1.82, 2.24) is 10.2 Å². The van der Waals surface area contributed by atoms with Crippen molar-refractivity contribution >= 4 is 29.3 Å². The van der Waals surface area contributed by atoms with Crippen molar-refractivity contribution in [3.05, 3.63) is 64.7 Å². The number of benzene rings is 2. The number of ether oxygens (including phenoxy) is 1. The van der Waals surface area contributed by atoms with E-state index in [2.05, 4.69) is 16.3 Å². The van der Waals surface area contributed by atoms with Crippen LogP contribution >= 0.6 is 23.4 Å². The second kappa shape index (κ2) is 10.7. The van der Waals surface area contributed by atoms with Gasteiger partial charge in [-0.05, 0) is 49.7 Å². The molecule has 1 saturated heterocycles. The van der Waals surface area contributed by atoms with E-state index in [-0.39, 0.29) is 11.9 Å². The maximum Gasteiger partial charge on any atom is 0.230 e. The number of halogens is 1. The minimum Gasteiger partial charge on any atom is -0.496 e. The maximum atomic E-state index is 12.4. The monoisotopic (exact) mass is 418 g/mol. The molecule has 28 heavy (non-hydrogen) atoms. The lowest BCUT2D eigenvalue weighted by Crippen LogP contribution is -2.37. The third-order valence-corrected chi connectivity index (χ3v) is 6.20. The first-order valence-corrected chi connectivity index (χ1v) is 11.2. The minimum absolute atomic E-state index is 0.0612. The van der Waals surface area contributed by atoms with Gasteiger partial charge in [0.1, 0.15) is 5.75 Å². The van der Waals surface area contributed by atoms with E-state index in [1.807, 2.05) is 42.5 Å². The Morgan fingerprint density at radius 3 is 2.75 bits per heavy atom. The van der Waals surface area contributed by atoms with E-state index in [0.29, 0.717) is 12.3 Å². The zero-order chi connectivity index (χ0) is 19.8. The van der Waals surface area contributed by atoms with Crippen molar-refractivity contribution < 1.29 is 9.53 Å². The lowest BCUT2D eigenvalue weighted by Gasteiger charge is -2.29. The largest absolute Gasteiger partial charge is 0.496 e. The highest BCUT2D eigenvalue weighted by Gasteiger charge is 2.26. The first-order valence-electron chi connectivity index (χ1n) is 9.63. The Morgan fingerprint density at radius 1 is 1.21 bits per heavy atom. The lowest BCUT2D eigenvalue weighted by molar-refractivity contribution is -0.118. The number of nitrogens with one attached hydrogen (secondary N) is 1. The molecule has 2 aromatic carbocycles. The summed E-state index contributed by atoms with van der Waals surface area (Å²) >= 11 is 7.61. The number of rotatable bonds is 9. The molecule has 0 aliphatic carbocycles. The van der Waals surface area contributed by atoms with Crippen molar-refractivity contribution in [2.24, 2.45) is 0 Å². The number of amides is 1. The Kier molecular flexibility index (Phi) is 8.07. The quantitative estimate of drug-likeness (QED) is 0.649. The molecule has 1 heterocycles. The number of methoxy groups -OCH3 is 1. The third-order valence-electron chi connectivity index (χ3n) is 4.96. The highest BCUT2D eigenvalue weighted by molar-refractivity contribution is 7.99. The van der Waals surface area contributed by atoms with Crippen LogP contribution in [0, 0.1) is 0 Å². The predicted molar refractivity (Wildman–Crippen MR) is 117 cm³/mol. The molecule has 0 saturated carbocycles. The van der Waals surface area contributed by atoms with Gasteiger partial charge in [-0.15, -0.1) is 11.8 Å². The SMILES string of the molecule is COc1ccccc1C(CNC(=O)CSCc1cccc(Cl)c1)N1CCCC1. The van der Waals surface area contributed by atoms with Gasteiger partial charge in [-0.25, -0.2) is 0 Å². The Morgan fingerprint density at radius 2 is 2.00 bits per heavy atom. The van der Waals surface area contributed by atoms with Gasteiger partial charge < -0.3 is 10.1 Å². The average molecular weight is 419 g/mol. The van der Waals surface area contributed by atoms with Crippen LogP contribution in [0.4, 0.5) is 0 Å². The van der Waals surface area contributed by atoms with Crippen molar-refractivity contribution in [1.29, 1.82) is 0 Å². The van der Waals surface area contributed by atoms with Crippen LogP contribution in [0.5, 0.6) is 5.75 Å². The number of likely N-dealkylation sites (tertiary alicyclic amines) is 1. The van der Waals surface area contributed by atoms with Crippen LogP contribution in [0.25, 0.3) is 0 Å². The molecule has 0 bridgehead atoms. The number of thioether (sulfide) groups is 1. The van der Waals surface area contributed by atoms with E-state index in [1.165, 1.54) is 12.8 Å². The topological polar surface area (TPSA) is 41.6 Å². The molecule has 0 spiro atoms. The molecule has 1 aliphatic heterocycles. The molecule has 150 valence electrons. The number of carbonyl (C=O) groups excluding carboxylic acids is 1. The molecule has 4 nitrogen and oxygen atoms in total. The van der Waals surface area contributed by atoms with Crippen LogP contribution in [-0.4, -0.2) is 43.3 Å². The molecule has 2 aromatic rings. The molecule has 6 heteroatoms.